The molecule has 0 amide bonds. The van der Waals surface area contributed by atoms with Crippen molar-refractivity contribution in [2.45, 2.75) is 70.4 Å². The molecule has 0 aromatic heterocycles. The molecule has 182 valence electrons. The summed E-state index contributed by atoms with van der Waals surface area (Å²) in [4.78, 5) is 25.5. The number of esters is 1. The summed E-state index contributed by atoms with van der Waals surface area (Å²) in [6.45, 7) is 6.85. The van der Waals surface area contributed by atoms with Crippen LogP contribution >= 0.6 is 0 Å². The average molecular weight is 469 g/mol. The van der Waals surface area contributed by atoms with Crippen LogP contribution in [0.4, 0.5) is 13.2 Å². The predicted molar refractivity (Wildman–Crippen MR) is 115 cm³/mol. The molecule has 1 aromatic rings. The second-order valence-electron chi connectivity index (χ2n) is 10.1. The summed E-state index contributed by atoms with van der Waals surface area (Å²) < 4.78 is 53.4. The van der Waals surface area contributed by atoms with Gasteiger partial charge in [0.05, 0.1) is 5.60 Å². The van der Waals surface area contributed by atoms with Gasteiger partial charge in [-0.25, -0.2) is 4.79 Å². The third-order valence-corrected chi connectivity index (χ3v) is 7.30. The van der Waals surface area contributed by atoms with Crippen LogP contribution in [0, 0.1) is 17.3 Å². The lowest BCUT2D eigenvalue weighted by Gasteiger charge is -2.52. The molecule has 0 unspecified atom stereocenters. The molecule has 8 heteroatoms. The first-order valence-electron chi connectivity index (χ1n) is 11.0. The molecule has 5 nitrogen and oxygen atoms in total. The number of fused-ring (bicyclic) bond motifs is 1. The number of halogens is 3. The number of aliphatic hydroxyl groups is 1. The first kappa shape index (κ1) is 25.4. The molecule has 5 atom stereocenters. The Hall–Kier alpha value is -2.19. The van der Waals surface area contributed by atoms with Gasteiger partial charge in [-0.2, -0.15) is 13.2 Å². The number of methoxy groups -OCH3 is 1. The van der Waals surface area contributed by atoms with E-state index in [4.69, 9.17) is 9.47 Å². The summed E-state index contributed by atoms with van der Waals surface area (Å²) in [6, 6.07) is 6.64. The maximum Gasteiger partial charge on any atom is 0.432 e. The number of allylic oxidation sites excluding steroid dienone is 2. The van der Waals surface area contributed by atoms with E-state index in [1.807, 2.05) is 13.8 Å². The van der Waals surface area contributed by atoms with Crippen LogP contribution < -0.4 is 0 Å². The van der Waals surface area contributed by atoms with Crippen molar-refractivity contribution in [2.24, 2.45) is 17.3 Å². The fourth-order valence-electron chi connectivity index (χ4n) is 5.64. The smallest absolute Gasteiger partial charge is 0.432 e. The Balaban J connectivity index is 2.02. The molecule has 0 spiro atoms. The van der Waals surface area contributed by atoms with Gasteiger partial charge >= 0.3 is 12.1 Å². The van der Waals surface area contributed by atoms with Gasteiger partial charge in [-0.1, -0.05) is 42.8 Å². The first-order valence-corrected chi connectivity index (χ1v) is 11.0. The lowest BCUT2D eigenvalue weighted by atomic mass is 9.55. The molecule has 33 heavy (non-hydrogen) atoms. The molecule has 1 aromatic carbocycles. The number of carbonyl (C=O) groups excluding carboxylic acids is 2. The highest BCUT2D eigenvalue weighted by atomic mass is 19.4. The van der Waals surface area contributed by atoms with Gasteiger partial charge in [0.25, 0.3) is 5.60 Å². The molecule has 2 aliphatic rings. The fourth-order valence-corrected chi connectivity index (χ4v) is 5.64. The van der Waals surface area contributed by atoms with Crippen LogP contribution in [0.25, 0.3) is 0 Å². The van der Waals surface area contributed by atoms with E-state index < -0.39 is 46.3 Å². The number of benzene rings is 1. The van der Waals surface area contributed by atoms with Crippen LogP contribution in [0.3, 0.4) is 0 Å². The molecule has 3 rings (SSSR count). The molecule has 0 bridgehead atoms. The molecule has 2 aliphatic carbocycles. The summed E-state index contributed by atoms with van der Waals surface area (Å²) in [5, 5.41) is 10.8. The second kappa shape index (κ2) is 8.55. The molecule has 1 saturated carbocycles. The lowest BCUT2D eigenvalue weighted by Crippen LogP contribution is -2.57. The number of ketones is 1. The van der Waals surface area contributed by atoms with E-state index in [0.29, 0.717) is 6.42 Å². The van der Waals surface area contributed by atoms with Gasteiger partial charge in [-0.15, -0.1) is 0 Å². The summed E-state index contributed by atoms with van der Waals surface area (Å²) in [6.07, 6.45) is -3.79. The fraction of sp³-hybridized carbons (Fsp3) is 0.600. The van der Waals surface area contributed by atoms with Gasteiger partial charge in [-0.3, -0.25) is 4.79 Å². The van der Waals surface area contributed by atoms with Crippen molar-refractivity contribution >= 4 is 11.8 Å². The normalized spacial score (nSPS) is 30.2. The Morgan fingerprint density at radius 3 is 2.30 bits per heavy atom. The first-order chi connectivity index (χ1) is 15.2. The monoisotopic (exact) mass is 468 g/mol. The Morgan fingerprint density at radius 2 is 1.79 bits per heavy atom. The number of ether oxygens (including phenoxy) is 2. The molecular formula is C25H31F3O5. The van der Waals surface area contributed by atoms with Gasteiger partial charge in [0, 0.05) is 25.0 Å². The third kappa shape index (κ3) is 4.47. The largest absolute Gasteiger partial charge is 0.459 e. The van der Waals surface area contributed by atoms with Gasteiger partial charge in [0.1, 0.15) is 6.10 Å². The highest BCUT2D eigenvalue weighted by molar-refractivity contribution is 5.92. The molecule has 1 N–H and O–H groups in total. The summed E-state index contributed by atoms with van der Waals surface area (Å²) in [7, 11) is 0.821. The number of carbonyl (C=O) groups is 2. The van der Waals surface area contributed by atoms with Crippen LogP contribution in [0.1, 0.15) is 52.5 Å². The quantitative estimate of drug-likeness (QED) is 0.633. The second-order valence-corrected chi connectivity index (χ2v) is 10.1. The summed E-state index contributed by atoms with van der Waals surface area (Å²) >= 11 is 0. The number of rotatable bonds is 5. The van der Waals surface area contributed by atoms with Crippen molar-refractivity contribution in [3.05, 3.63) is 47.5 Å². The van der Waals surface area contributed by atoms with E-state index in [1.165, 1.54) is 18.2 Å². The predicted octanol–water partition coefficient (Wildman–Crippen LogP) is 4.72. The Bertz CT molecular complexity index is 934. The highest BCUT2D eigenvalue weighted by Crippen LogP contribution is 2.54. The highest BCUT2D eigenvalue weighted by Gasteiger charge is 2.65. The molecule has 0 radical (unpaired) electrons. The van der Waals surface area contributed by atoms with Gasteiger partial charge in [0.15, 0.2) is 5.78 Å². The van der Waals surface area contributed by atoms with Crippen molar-refractivity contribution in [1.82, 2.24) is 0 Å². The van der Waals surface area contributed by atoms with E-state index in [1.54, 1.807) is 19.9 Å². The topological polar surface area (TPSA) is 72.8 Å². The van der Waals surface area contributed by atoms with Crippen molar-refractivity contribution in [3.63, 3.8) is 0 Å². The van der Waals surface area contributed by atoms with Gasteiger partial charge in [0.2, 0.25) is 0 Å². The summed E-state index contributed by atoms with van der Waals surface area (Å²) in [5.74, 6) is -2.33. The lowest BCUT2D eigenvalue weighted by molar-refractivity contribution is -0.281. The van der Waals surface area contributed by atoms with Crippen molar-refractivity contribution in [2.75, 3.05) is 7.11 Å². The van der Waals surface area contributed by atoms with E-state index in [9.17, 15) is 27.9 Å². The molecule has 0 heterocycles. The minimum Gasteiger partial charge on any atom is -0.459 e. The van der Waals surface area contributed by atoms with E-state index >= 15 is 0 Å². The maximum absolute atomic E-state index is 14.3. The maximum atomic E-state index is 14.3. The van der Waals surface area contributed by atoms with E-state index in [0.717, 1.165) is 24.8 Å². The van der Waals surface area contributed by atoms with Gasteiger partial charge in [-0.05, 0) is 51.0 Å². The third-order valence-electron chi connectivity index (χ3n) is 7.30. The Morgan fingerprint density at radius 1 is 1.18 bits per heavy atom. The van der Waals surface area contributed by atoms with Crippen LogP contribution in [0.15, 0.2) is 42.0 Å². The standard InChI is InChI=1S/C25H31F3O5/c1-15-11-17(29)13-23(4)14-20(19(12-18(15)23)22(2,3)31)33-21(30)24(32-5,25(26,27)28)16-9-7-6-8-10-16/h6-11,18-20,31H,12-14H2,1-5H3/t18-,19+,20+,23+,24+/m0/s1. The molecular weight excluding hydrogens is 437 g/mol. The van der Waals surface area contributed by atoms with Gasteiger partial charge < -0.3 is 14.6 Å². The Labute approximate surface area is 192 Å². The average Bonchev–Trinajstić information content (AvgIpc) is 2.66. The van der Waals surface area contributed by atoms with E-state index in [-0.39, 0.29) is 24.5 Å². The molecule has 0 aliphatic heterocycles. The van der Waals surface area contributed by atoms with Crippen LogP contribution in [-0.2, 0) is 24.7 Å². The minimum atomic E-state index is -5.09. The van der Waals surface area contributed by atoms with E-state index in [2.05, 4.69) is 0 Å². The number of alkyl halides is 3. The van der Waals surface area contributed by atoms with Crippen molar-refractivity contribution in [3.8, 4) is 0 Å². The summed E-state index contributed by atoms with van der Waals surface area (Å²) in [5.41, 5.74) is -4.75. The Kier molecular flexibility index (Phi) is 6.59. The zero-order valence-corrected chi connectivity index (χ0v) is 19.5. The molecule has 1 fully saturated rings. The van der Waals surface area contributed by atoms with Crippen molar-refractivity contribution < 1.29 is 37.3 Å². The minimum absolute atomic E-state index is 0.0505. The van der Waals surface area contributed by atoms with Crippen LogP contribution in [-0.4, -0.2) is 41.9 Å². The van der Waals surface area contributed by atoms with Crippen LogP contribution in [0.5, 0.6) is 0 Å². The number of hydrogen-bond donors (Lipinski definition) is 1. The molecule has 0 saturated heterocycles. The van der Waals surface area contributed by atoms with Crippen molar-refractivity contribution in [1.29, 1.82) is 0 Å². The zero-order valence-electron chi connectivity index (χ0n) is 19.5. The zero-order chi connectivity index (χ0) is 24.8. The van der Waals surface area contributed by atoms with Crippen LogP contribution in [0.2, 0.25) is 0 Å². The SMILES string of the molecule is CO[C@@](C(=O)O[C@@H]1C[C@@]2(C)CC(=O)C=C(C)[C@@H]2C[C@H]1C(C)(C)O)(c1ccccc1)C(F)(F)F. The number of hydrogen-bond acceptors (Lipinski definition) is 5.